The summed E-state index contributed by atoms with van der Waals surface area (Å²) in [5.41, 5.74) is -4.52. The lowest BCUT2D eigenvalue weighted by Gasteiger charge is -2.39. The van der Waals surface area contributed by atoms with Crippen LogP contribution in [-0.4, -0.2) is 35.1 Å². The molecule has 0 amide bonds. The molecule has 0 bridgehead atoms. The van der Waals surface area contributed by atoms with E-state index >= 15 is 0 Å². The van der Waals surface area contributed by atoms with Crippen molar-refractivity contribution in [2.75, 3.05) is 18.9 Å². The van der Waals surface area contributed by atoms with E-state index in [1.165, 1.54) is 0 Å². The SMILES string of the molecule is CC1CCCC(CO)(NCCSC(F)(F)F)C1. The predicted octanol–water partition coefficient (Wildman–Crippen LogP) is 2.77. The average molecular weight is 271 g/mol. The molecule has 0 aromatic rings. The van der Waals surface area contributed by atoms with Crippen molar-refractivity contribution in [3.05, 3.63) is 0 Å². The molecule has 2 atom stereocenters. The first-order valence-electron chi connectivity index (χ1n) is 5.93. The number of aliphatic hydroxyl groups is 1. The number of hydrogen-bond donors (Lipinski definition) is 2. The van der Waals surface area contributed by atoms with Gasteiger partial charge in [-0.3, -0.25) is 0 Å². The predicted molar refractivity (Wildman–Crippen MR) is 64.0 cm³/mol. The van der Waals surface area contributed by atoms with Crippen molar-refractivity contribution >= 4 is 11.8 Å². The van der Waals surface area contributed by atoms with Crippen molar-refractivity contribution in [1.29, 1.82) is 0 Å². The summed E-state index contributed by atoms with van der Waals surface area (Å²) in [6.45, 7) is 2.42. The Morgan fingerprint density at radius 1 is 1.47 bits per heavy atom. The molecule has 2 unspecified atom stereocenters. The van der Waals surface area contributed by atoms with Crippen LogP contribution in [0.3, 0.4) is 0 Å². The zero-order chi connectivity index (χ0) is 12.9. The van der Waals surface area contributed by atoms with Crippen LogP contribution < -0.4 is 5.32 Å². The van der Waals surface area contributed by atoms with Crippen LogP contribution in [0.1, 0.15) is 32.6 Å². The number of aliphatic hydroxyl groups excluding tert-OH is 1. The van der Waals surface area contributed by atoms with E-state index in [1.54, 1.807) is 0 Å². The lowest BCUT2D eigenvalue weighted by molar-refractivity contribution is -0.0328. The number of halogens is 3. The fourth-order valence-electron chi connectivity index (χ4n) is 2.50. The highest BCUT2D eigenvalue weighted by Crippen LogP contribution is 2.33. The molecular weight excluding hydrogens is 251 g/mol. The van der Waals surface area contributed by atoms with Crippen molar-refractivity contribution in [2.45, 2.75) is 43.7 Å². The molecule has 2 N–H and O–H groups in total. The molecular formula is C11H20F3NOS. The number of alkyl halides is 3. The van der Waals surface area contributed by atoms with Crippen LogP contribution in [0, 0.1) is 5.92 Å². The van der Waals surface area contributed by atoms with E-state index in [-0.39, 0.29) is 36.2 Å². The minimum atomic E-state index is -4.16. The summed E-state index contributed by atoms with van der Waals surface area (Å²) in [6.07, 6.45) is 3.87. The molecule has 17 heavy (non-hydrogen) atoms. The van der Waals surface area contributed by atoms with Gasteiger partial charge in [0.15, 0.2) is 0 Å². The van der Waals surface area contributed by atoms with Crippen LogP contribution in [-0.2, 0) is 0 Å². The Morgan fingerprint density at radius 3 is 2.71 bits per heavy atom. The maximum atomic E-state index is 11.9. The van der Waals surface area contributed by atoms with Gasteiger partial charge >= 0.3 is 5.51 Å². The van der Waals surface area contributed by atoms with Crippen LogP contribution in [0.4, 0.5) is 13.2 Å². The first-order chi connectivity index (χ1) is 7.87. The molecule has 2 nitrogen and oxygen atoms in total. The zero-order valence-corrected chi connectivity index (χ0v) is 10.8. The number of hydrogen-bond acceptors (Lipinski definition) is 3. The summed E-state index contributed by atoms with van der Waals surface area (Å²) >= 11 is -0.0120. The molecule has 1 fully saturated rings. The molecule has 1 aliphatic carbocycles. The molecule has 0 radical (unpaired) electrons. The highest BCUT2D eigenvalue weighted by atomic mass is 32.2. The summed E-state index contributed by atoms with van der Waals surface area (Å²) < 4.78 is 35.8. The van der Waals surface area contributed by atoms with E-state index in [0.29, 0.717) is 5.92 Å². The van der Waals surface area contributed by atoms with Gasteiger partial charge in [-0.05, 0) is 30.5 Å². The van der Waals surface area contributed by atoms with E-state index < -0.39 is 5.51 Å². The van der Waals surface area contributed by atoms with Crippen LogP contribution in [0.5, 0.6) is 0 Å². The van der Waals surface area contributed by atoms with Crippen molar-refractivity contribution in [3.63, 3.8) is 0 Å². The van der Waals surface area contributed by atoms with Gasteiger partial charge in [-0.2, -0.15) is 13.2 Å². The summed E-state index contributed by atoms with van der Waals surface area (Å²) in [7, 11) is 0. The summed E-state index contributed by atoms with van der Waals surface area (Å²) in [5.74, 6) is 0.526. The molecule has 0 aromatic carbocycles. The number of nitrogens with one attached hydrogen (secondary N) is 1. The van der Waals surface area contributed by atoms with E-state index in [0.717, 1.165) is 25.7 Å². The zero-order valence-electron chi connectivity index (χ0n) is 10.0. The molecule has 0 heterocycles. The smallest absolute Gasteiger partial charge is 0.394 e. The van der Waals surface area contributed by atoms with E-state index in [1.807, 2.05) is 0 Å². The monoisotopic (exact) mass is 271 g/mol. The van der Waals surface area contributed by atoms with Gasteiger partial charge in [0.2, 0.25) is 0 Å². The molecule has 0 spiro atoms. The van der Waals surface area contributed by atoms with E-state index in [9.17, 15) is 18.3 Å². The maximum absolute atomic E-state index is 11.9. The van der Waals surface area contributed by atoms with Crippen molar-refractivity contribution < 1.29 is 18.3 Å². The third-order valence-corrected chi connectivity index (χ3v) is 4.00. The Labute approximate surface area is 104 Å². The third-order valence-electron chi connectivity index (χ3n) is 3.26. The summed E-state index contributed by atoms with van der Waals surface area (Å²) in [4.78, 5) is 0. The lowest BCUT2D eigenvalue weighted by Crippen LogP contribution is -2.52. The van der Waals surface area contributed by atoms with Crippen molar-refractivity contribution in [2.24, 2.45) is 5.92 Å². The van der Waals surface area contributed by atoms with Crippen LogP contribution in [0.25, 0.3) is 0 Å². The molecule has 6 heteroatoms. The molecule has 1 aliphatic rings. The van der Waals surface area contributed by atoms with Crippen molar-refractivity contribution in [3.8, 4) is 0 Å². The highest BCUT2D eigenvalue weighted by Gasteiger charge is 2.34. The summed E-state index contributed by atoms with van der Waals surface area (Å²) in [6, 6.07) is 0. The second-order valence-corrected chi connectivity index (χ2v) is 6.02. The molecule has 102 valence electrons. The molecule has 1 saturated carbocycles. The van der Waals surface area contributed by atoms with Gasteiger partial charge in [0.05, 0.1) is 6.61 Å². The Hall–Kier alpha value is 0.0600. The van der Waals surface area contributed by atoms with Gasteiger partial charge in [0.1, 0.15) is 0 Å². The first-order valence-corrected chi connectivity index (χ1v) is 6.92. The van der Waals surface area contributed by atoms with Crippen LogP contribution in [0.2, 0.25) is 0 Å². The second kappa shape index (κ2) is 6.29. The molecule has 0 aliphatic heterocycles. The minimum absolute atomic E-state index is 0.000366. The van der Waals surface area contributed by atoms with Crippen LogP contribution >= 0.6 is 11.8 Å². The van der Waals surface area contributed by atoms with E-state index in [4.69, 9.17) is 0 Å². The first kappa shape index (κ1) is 15.1. The Balaban J connectivity index is 2.31. The lowest BCUT2D eigenvalue weighted by atomic mass is 9.77. The minimum Gasteiger partial charge on any atom is -0.394 e. The highest BCUT2D eigenvalue weighted by molar-refractivity contribution is 8.00. The Kier molecular flexibility index (Phi) is 5.60. The topological polar surface area (TPSA) is 32.3 Å². The normalized spacial score (nSPS) is 30.5. The number of thioether (sulfide) groups is 1. The fraction of sp³-hybridized carbons (Fsp3) is 1.00. The van der Waals surface area contributed by atoms with Gasteiger partial charge in [-0.25, -0.2) is 0 Å². The van der Waals surface area contributed by atoms with Gasteiger partial charge in [0, 0.05) is 17.8 Å². The van der Waals surface area contributed by atoms with E-state index in [2.05, 4.69) is 12.2 Å². The van der Waals surface area contributed by atoms with Gasteiger partial charge in [-0.1, -0.05) is 19.8 Å². The molecule has 0 aromatic heterocycles. The quantitative estimate of drug-likeness (QED) is 0.754. The largest absolute Gasteiger partial charge is 0.441 e. The summed E-state index contributed by atoms with van der Waals surface area (Å²) in [5, 5.41) is 12.5. The van der Waals surface area contributed by atoms with Gasteiger partial charge < -0.3 is 10.4 Å². The van der Waals surface area contributed by atoms with Crippen molar-refractivity contribution in [1.82, 2.24) is 5.32 Å². The van der Waals surface area contributed by atoms with Gasteiger partial charge in [0.25, 0.3) is 0 Å². The van der Waals surface area contributed by atoms with Crippen LogP contribution in [0.15, 0.2) is 0 Å². The van der Waals surface area contributed by atoms with Gasteiger partial charge in [-0.15, -0.1) is 0 Å². The average Bonchev–Trinajstić information content (AvgIpc) is 2.23. The Morgan fingerprint density at radius 2 is 2.18 bits per heavy atom. The second-order valence-electron chi connectivity index (χ2n) is 4.86. The number of rotatable bonds is 5. The molecule has 0 saturated heterocycles. The standard InChI is InChI=1S/C11H20F3NOS/c1-9-3-2-4-10(7-9,8-16)15-5-6-17-11(12,13)14/h9,15-16H,2-8H2,1H3. The fourth-order valence-corrected chi connectivity index (χ4v) is 2.94. The maximum Gasteiger partial charge on any atom is 0.441 e. The Bertz CT molecular complexity index is 237. The molecule has 1 rings (SSSR count). The third kappa shape index (κ3) is 5.48.